The molecule has 0 saturated carbocycles. The third kappa shape index (κ3) is 6.46. The number of rotatable bonds is 8. The van der Waals surface area contributed by atoms with Crippen LogP contribution >= 0.6 is 23.2 Å². The number of carbonyl (C=O) groups excluding carboxylic acids is 2. The van der Waals surface area contributed by atoms with Crippen LogP contribution in [0.5, 0.6) is 11.5 Å². The molecule has 6 nitrogen and oxygen atoms in total. The van der Waals surface area contributed by atoms with Crippen molar-refractivity contribution in [3.8, 4) is 11.5 Å². The van der Waals surface area contributed by atoms with E-state index in [1.807, 2.05) is 0 Å². The second kappa shape index (κ2) is 9.89. The fourth-order valence-corrected chi connectivity index (χ4v) is 2.32. The molecule has 2 aromatic carbocycles. The molecule has 0 aliphatic rings. The summed E-state index contributed by atoms with van der Waals surface area (Å²) in [5.41, 5.74) is 0.472. The van der Waals surface area contributed by atoms with E-state index in [1.165, 1.54) is 6.07 Å². The maximum atomic E-state index is 11.8. The number of benzene rings is 2. The molecule has 2 aromatic rings. The first-order valence-electron chi connectivity index (χ1n) is 7.76. The van der Waals surface area contributed by atoms with Crippen LogP contribution in [-0.2, 0) is 9.59 Å². The minimum Gasteiger partial charge on any atom is -0.497 e. The van der Waals surface area contributed by atoms with Crippen LogP contribution in [0.2, 0.25) is 10.0 Å². The molecular weight excluding hydrogens is 379 g/mol. The Morgan fingerprint density at radius 2 is 1.65 bits per heavy atom. The topological polar surface area (TPSA) is 76.7 Å². The van der Waals surface area contributed by atoms with E-state index in [0.717, 1.165) is 5.75 Å². The largest absolute Gasteiger partial charge is 0.497 e. The van der Waals surface area contributed by atoms with Crippen molar-refractivity contribution in [3.63, 3.8) is 0 Å². The third-order valence-electron chi connectivity index (χ3n) is 3.28. The van der Waals surface area contributed by atoms with Gasteiger partial charge in [0.15, 0.2) is 0 Å². The lowest BCUT2D eigenvalue weighted by Crippen LogP contribution is -2.31. The molecule has 2 amide bonds. The zero-order valence-electron chi connectivity index (χ0n) is 14.1. The molecule has 0 heterocycles. The summed E-state index contributed by atoms with van der Waals surface area (Å²) in [4.78, 5) is 23.6. The molecule has 0 aromatic heterocycles. The molecular formula is C18H18Cl2N2O4. The SMILES string of the molecule is COc1ccc(OCCNC(=O)CC(=O)Nc2ccc(Cl)c(Cl)c2)cc1. The van der Waals surface area contributed by atoms with Gasteiger partial charge in [-0.1, -0.05) is 23.2 Å². The van der Waals surface area contributed by atoms with E-state index in [4.69, 9.17) is 32.7 Å². The van der Waals surface area contributed by atoms with Gasteiger partial charge in [-0.3, -0.25) is 9.59 Å². The van der Waals surface area contributed by atoms with Crippen molar-refractivity contribution in [1.29, 1.82) is 0 Å². The minimum atomic E-state index is -0.447. The molecule has 2 rings (SSSR count). The number of amides is 2. The molecule has 0 unspecified atom stereocenters. The molecule has 0 radical (unpaired) electrons. The summed E-state index contributed by atoms with van der Waals surface area (Å²) in [6, 6.07) is 11.8. The fourth-order valence-electron chi connectivity index (χ4n) is 2.02. The monoisotopic (exact) mass is 396 g/mol. The van der Waals surface area contributed by atoms with Gasteiger partial charge in [-0.05, 0) is 42.5 Å². The van der Waals surface area contributed by atoms with Crippen molar-refractivity contribution in [1.82, 2.24) is 5.32 Å². The van der Waals surface area contributed by atoms with E-state index in [1.54, 1.807) is 43.5 Å². The normalized spacial score (nSPS) is 10.1. The smallest absolute Gasteiger partial charge is 0.233 e. The lowest BCUT2D eigenvalue weighted by Gasteiger charge is -2.09. The molecule has 0 aliphatic carbocycles. The van der Waals surface area contributed by atoms with Gasteiger partial charge in [-0.25, -0.2) is 0 Å². The number of hydrogen-bond donors (Lipinski definition) is 2. The number of ether oxygens (including phenoxy) is 2. The molecule has 0 spiro atoms. The summed E-state index contributed by atoms with van der Waals surface area (Å²) in [5.74, 6) is 0.550. The lowest BCUT2D eigenvalue weighted by atomic mass is 10.3. The van der Waals surface area contributed by atoms with Crippen LogP contribution in [-0.4, -0.2) is 32.1 Å². The van der Waals surface area contributed by atoms with Crippen molar-refractivity contribution in [2.75, 3.05) is 25.6 Å². The molecule has 0 bridgehead atoms. The molecule has 0 aliphatic heterocycles. The number of methoxy groups -OCH3 is 1. The van der Waals surface area contributed by atoms with E-state index in [-0.39, 0.29) is 19.6 Å². The summed E-state index contributed by atoms with van der Waals surface area (Å²) >= 11 is 11.7. The van der Waals surface area contributed by atoms with Crippen molar-refractivity contribution in [2.45, 2.75) is 6.42 Å². The first-order chi connectivity index (χ1) is 12.5. The molecule has 0 atom stereocenters. The molecule has 0 saturated heterocycles. The number of carbonyl (C=O) groups is 2. The van der Waals surface area contributed by atoms with Crippen molar-refractivity contribution >= 4 is 40.7 Å². The summed E-state index contributed by atoms with van der Waals surface area (Å²) in [6.07, 6.45) is -0.303. The first-order valence-corrected chi connectivity index (χ1v) is 8.52. The Labute approximate surface area is 161 Å². The van der Waals surface area contributed by atoms with Crippen molar-refractivity contribution in [3.05, 3.63) is 52.5 Å². The highest BCUT2D eigenvalue weighted by molar-refractivity contribution is 6.42. The minimum absolute atomic E-state index is 0.283. The predicted molar refractivity (Wildman–Crippen MR) is 101 cm³/mol. The predicted octanol–water partition coefficient (Wildman–Crippen LogP) is 3.53. The van der Waals surface area contributed by atoms with Gasteiger partial charge in [0, 0.05) is 5.69 Å². The Bertz CT molecular complexity index is 766. The van der Waals surface area contributed by atoms with Crippen molar-refractivity contribution < 1.29 is 19.1 Å². The third-order valence-corrected chi connectivity index (χ3v) is 4.02. The number of halogens is 2. The zero-order chi connectivity index (χ0) is 18.9. The maximum absolute atomic E-state index is 11.8. The van der Waals surface area contributed by atoms with Gasteiger partial charge in [-0.15, -0.1) is 0 Å². The van der Waals surface area contributed by atoms with Gasteiger partial charge < -0.3 is 20.1 Å². The van der Waals surface area contributed by atoms with Crippen LogP contribution in [0.4, 0.5) is 5.69 Å². The van der Waals surface area contributed by atoms with Crippen LogP contribution in [0, 0.1) is 0 Å². The Balaban J connectivity index is 1.67. The van der Waals surface area contributed by atoms with E-state index in [2.05, 4.69) is 10.6 Å². The number of hydrogen-bond acceptors (Lipinski definition) is 4. The van der Waals surface area contributed by atoms with E-state index >= 15 is 0 Å². The van der Waals surface area contributed by atoms with E-state index in [9.17, 15) is 9.59 Å². The summed E-state index contributed by atoms with van der Waals surface area (Å²) < 4.78 is 10.5. The van der Waals surface area contributed by atoms with Gasteiger partial charge in [-0.2, -0.15) is 0 Å². The standard InChI is InChI=1S/C18H18Cl2N2O4/c1-25-13-3-5-14(6-4-13)26-9-8-21-17(23)11-18(24)22-12-2-7-15(19)16(20)10-12/h2-7,10H,8-9,11H2,1H3,(H,21,23)(H,22,24). The number of anilines is 1. The summed E-state index contributed by atoms with van der Waals surface area (Å²) in [6.45, 7) is 0.567. The van der Waals surface area contributed by atoms with Gasteiger partial charge >= 0.3 is 0 Å². The Morgan fingerprint density at radius 1 is 0.962 bits per heavy atom. The average molecular weight is 397 g/mol. The maximum Gasteiger partial charge on any atom is 0.233 e. The van der Waals surface area contributed by atoms with Crippen LogP contribution < -0.4 is 20.1 Å². The van der Waals surface area contributed by atoms with E-state index in [0.29, 0.717) is 21.5 Å². The van der Waals surface area contributed by atoms with Crippen LogP contribution in [0.25, 0.3) is 0 Å². The first kappa shape index (κ1) is 19.9. The zero-order valence-corrected chi connectivity index (χ0v) is 15.6. The summed E-state index contributed by atoms with van der Waals surface area (Å²) in [7, 11) is 1.59. The average Bonchev–Trinajstić information content (AvgIpc) is 2.62. The van der Waals surface area contributed by atoms with Crippen LogP contribution in [0.1, 0.15) is 6.42 Å². The van der Waals surface area contributed by atoms with Crippen LogP contribution in [0.15, 0.2) is 42.5 Å². The van der Waals surface area contributed by atoms with E-state index < -0.39 is 11.8 Å². The molecule has 8 heteroatoms. The highest BCUT2D eigenvalue weighted by atomic mass is 35.5. The van der Waals surface area contributed by atoms with Gasteiger partial charge in [0.25, 0.3) is 0 Å². The van der Waals surface area contributed by atoms with Gasteiger partial charge in [0.05, 0.1) is 23.7 Å². The highest BCUT2D eigenvalue weighted by Gasteiger charge is 2.10. The van der Waals surface area contributed by atoms with Crippen LogP contribution in [0.3, 0.4) is 0 Å². The second-order valence-corrected chi connectivity index (χ2v) is 6.04. The van der Waals surface area contributed by atoms with Gasteiger partial charge in [0.2, 0.25) is 11.8 Å². The second-order valence-electron chi connectivity index (χ2n) is 5.23. The lowest BCUT2D eigenvalue weighted by molar-refractivity contribution is -0.126. The van der Waals surface area contributed by atoms with Gasteiger partial charge in [0.1, 0.15) is 24.5 Å². The molecule has 138 valence electrons. The molecule has 2 N–H and O–H groups in total. The Kier molecular flexibility index (Phi) is 7.56. The Morgan fingerprint density at radius 3 is 2.31 bits per heavy atom. The molecule has 0 fully saturated rings. The fraction of sp³-hybridized carbons (Fsp3) is 0.222. The quantitative estimate of drug-likeness (QED) is 0.528. The van der Waals surface area contributed by atoms with Crippen molar-refractivity contribution in [2.24, 2.45) is 0 Å². The Hall–Kier alpha value is -2.44. The summed E-state index contributed by atoms with van der Waals surface area (Å²) in [5, 5.41) is 5.91. The molecule has 26 heavy (non-hydrogen) atoms. The number of nitrogens with one attached hydrogen (secondary N) is 2. The highest BCUT2D eigenvalue weighted by Crippen LogP contribution is 2.25.